The van der Waals surface area contributed by atoms with Crippen molar-refractivity contribution in [2.24, 2.45) is 5.92 Å². The molecule has 2 aliphatic rings. The van der Waals surface area contributed by atoms with Crippen LogP contribution in [0.4, 0.5) is 0 Å². The van der Waals surface area contributed by atoms with E-state index >= 15 is 0 Å². The summed E-state index contributed by atoms with van der Waals surface area (Å²) in [5, 5.41) is 3.61. The molecule has 0 aliphatic carbocycles. The first-order valence-electron chi connectivity index (χ1n) is 6.84. The molecular formula is C13H26N2O. The molecule has 0 spiro atoms. The van der Waals surface area contributed by atoms with Crippen molar-refractivity contribution in [2.75, 3.05) is 32.8 Å². The van der Waals surface area contributed by atoms with Gasteiger partial charge in [0.1, 0.15) is 0 Å². The second kappa shape index (κ2) is 5.99. The molecule has 0 saturated carbocycles. The molecule has 3 atom stereocenters. The maximum atomic E-state index is 5.44. The van der Waals surface area contributed by atoms with Crippen LogP contribution < -0.4 is 5.32 Å². The molecule has 16 heavy (non-hydrogen) atoms. The molecule has 0 aromatic carbocycles. The average Bonchev–Trinajstić information content (AvgIpc) is 2.81. The zero-order valence-corrected chi connectivity index (χ0v) is 10.7. The van der Waals surface area contributed by atoms with Crippen molar-refractivity contribution in [2.45, 2.75) is 45.2 Å². The fraction of sp³-hybridized carbons (Fsp3) is 1.00. The predicted molar refractivity (Wildman–Crippen MR) is 66.7 cm³/mol. The van der Waals surface area contributed by atoms with Crippen LogP contribution in [0.15, 0.2) is 0 Å². The van der Waals surface area contributed by atoms with Gasteiger partial charge < -0.3 is 10.1 Å². The van der Waals surface area contributed by atoms with Crippen molar-refractivity contribution < 1.29 is 4.74 Å². The summed E-state index contributed by atoms with van der Waals surface area (Å²) >= 11 is 0. The van der Waals surface area contributed by atoms with E-state index in [2.05, 4.69) is 24.1 Å². The number of hydrogen-bond acceptors (Lipinski definition) is 3. The van der Waals surface area contributed by atoms with E-state index in [0.717, 1.165) is 25.7 Å². The van der Waals surface area contributed by atoms with Crippen LogP contribution in [0.2, 0.25) is 0 Å². The van der Waals surface area contributed by atoms with E-state index in [1.807, 2.05) is 0 Å². The topological polar surface area (TPSA) is 24.5 Å². The van der Waals surface area contributed by atoms with Crippen LogP contribution >= 0.6 is 0 Å². The van der Waals surface area contributed by atoms with E-state index in [9.17, 15) is 0 Å². The molecule has 3 nitrogen and oxygen atoms in total. The van der Waals surface area contributed by atoms with Gasteiger partial charge in [0.15, 0.2) is 0 Å². The Bertz CT molecular complexity index is 204. The highest BCUT2D eigenvalue weighted by molar-refractivity contribution is 4.83. The van der Waals surface area contributed by atoms with Gasteiger partial charge in [0.25, 0.3) is 0 Å². The third kappa shape index (κ3) is 3.19. The molecule has 2 fully saturated rings. The van der Waals surface area contributed by atoms with Crippen molar-refractivity contribution in [3.05, 3.63) is 0 Å². The highest BCUT2D eigenvalue weighted by Gasteiger charge is 2.25. The van der Waals surface area contributed by atoms with E-state index in [1.54, 1.807) is 0 Å². The normalized spacial score (nSPS) is 36.8. The molecule has 3 unspecified atom stereocenters. The molecular weight excluding hydrogens is 200 g/mol. The average molecular weight is 226 g/mol. The van der Waals surface area contributed by atoms with Gasteiger partial charge in [-0.2, -0.15) is 0 Å². The minimum Gasteiger partial charge on any atom is -0.381 e. The van der Waals surface area contributed by atoms with E-state index in [-0.39, 0.29) is 0 Å². The molecule has 3 heteroatoms. The molecule has 1 N–H and O–H groups in total. The lowest BCUT2D eigenvalue weighted by Crippen LogP contribution is -2.55. The Morgan fingerprint density at radius 3 is 3.00 bits per heavy atom. The largest absolute Gasteiger partial charge is 0.381 e. The van der Waals surface area contributed by atoms with E-state index in [0.29, 0.717) is 12.1 Å². The lowest BCUT2D eigenvalue weighted by molar-refractivity contribution is 0.126. The number of hydrogen-bond donors (Lipinski definition) is 1. The standard InChI is InChI=1S/C13H26N2O/c1-3-13-9-15(11(2)8-14-13)6-4-12-5-7-16-10-12/h11-14H,3-10H2,1-2H3. The highest BCUT2D eigenvalue weighted by Crippen LogP contribution is 2.18. The molecule has 94 valence electrons. The van der Waals surface area contributed by atoms with Crippen LogP contribution in [0.3, 0.4) is 0 Å². The molecule has 2 saturated heterocycles. The first kappa shape index (κ1) is 12.3. The van der Waals surface area contributed by atoms with Gasteiger partial charge in [0.05, 0.1) is 0 Å². The van der Waals surface area contributed by atoms with Crippen molar-refractivity contribution in [3.8, 4) is 0 Å². The zero-order valence-electron chi connectivity index (χ0n) is 10.7. The van der Waals surface area contributed by atoms with Gasteiger partial charge in [-0.05, 0) is 38.6 Å². The molecule has 0 radical (unpaired) electrons. The Labute approximate surface area is 99.5 Å². The smallest absolute Gasteiger partial charge is 0.0495 e. The van der Waals surface area contributed by atoms with Crippen LogP contribution in [-0.4, -0.2) is 49.8 Å². The summed E-state index contributed by atoms with van der Waals surface area (Å²) in [6, 6.07) is 1.40. The Balaban J connectivity index is 1.73. The van der Waals surface area contributed by atoms with Gasteiger partial charge in [0.2, 0.25) is 0 Å². The fourth-order valence-corrected chi connectivity index (χ4v) is 2.74. The fourth-order valence-electron chi connectivity index (χ4n) is 2.74. The van der Waals surface area contributed by atoms with Crippen molar-refractivity contribution in [1.82, 2.24) is 10.2 Å². The monoisotopic (exact) mass is 226 g/mol. The second-order valence-corrected chi connectivity index (χ2v) is 5.38. The van der Waals surface area contributed by atoms with E-state index < -0.39 is 0 Å². The second-order valence-electron chi connectivity index (χ2n) is 5.38. The summed E-state index contributed by atoms with van der Waals surface area (Å²) in [5.74, 6) is 0.821. The minimum absolute atomic E-state index is 0.699. The number of rotatable bonds is 4. The zero-order chi connectivity index (χ0) is 11.4. The Kier molecular flexibility index (Phi) is 4.62. The number of ether oxygens (including phenoxy) is 1. The molecule has 2 rings (SSSR count). The van der Waals surface area contributed by atoms with Gasteiger partial charge >= 0.3 is 0 Å². The van der Waals surface area contributed by atoms with Crippen molar-refractivity contribution in [1.29, 1.82) is 0 Å². The van der Waals surface area contributed by atoms with Crippen LogP contribution in [0, 0.1) is 5.92 Å². The van der Waals surface area contributed by atoms with Crippen LogP contribution in [0.5, 0.6) is 0 Å². The quantitative estimate of drug-likeness (QED) is 0.786. The van der Waals surface area contributed by atoms with Crippen molar-refractivity contribution in [3.63, 3.8) is 0 Å². The van der Waals surface area contributed by atoms with Crippen LogP contribution in [0.25, 0.3) is 0 Å². The van der Waals surface area contributed by atoms with Gasteiger partial charge in [-0.1, -0.05) is 6.92 Å². The number of piperazine rings is 1. The summed E-state index contributed by atoms with van der Waals surface area (Å²) in [6.07, 6.45) is 3.84. The molecule has 0 amide bonds. The Hall–Kier alpha value is -0.120. The molecule has 0 bridgehead atoms. The first-order valence-corrected chi connectivity index (χ1v) is 6.84. The Morgan fingerprint density at radius 2 is 2.31 bits per heavy atom. The maximum Gasteiger partial charge on any atom is 0.0495 e. The highest BCUT2D eigenvalue weighted by atomic mass is 16.5. The van der Waals surface area contributed by atoms with Crippen LogP contribution in [0.1, 0.15) is 33.1 Å². The van der Waals surface area contributed by atoms with Gasteiger partial charge in [-0.3, -0.25) is 4.90 Å². The Morgan fingerprint density at radius 1 is 1.44 bits per heavy atom. The summed E-state index contributed by atoms with van der Waals surface area (Å²) in [7, 11) is 0. The molecule has 0 aromatic heterocycles. The SMILES string of the molecule is CCC1CN(CCC2CCOC2)C(C)CN1. The minimum atomic E-state index is 0.699. The lowest BCUT2D eigenvalue weighted by atomic mass is 10.0. The third-order valence-corrected chi connectivity index (χ3v) is 4.12. The van der Waals surface area contributed by atoms with E-state index in [4.69, 9.17) is 4.74 Å². The third-order valence-electron chi connectivity index (χ3n) is 4.12. The number of nitrogens with zero attached hydrogens (tertiary/aromatic N) is 1. The first-order chi connectivity index (χ1) is 7.79. The maximum absolute atomic E-state index is 5.44. The summed E-state index contributed by atoms with van der Waals surface area (Å²) in [4.78, 5) is 2.66. The summed E-state index contributed by atoms with van der Waals surface area (Å²) < 4.78 is 5.44. The number of nitrogens with one attached hydrogen (secondary N) is 1. The predicted octanol–water partition coefficient (Wildman–Crippen LogP) is 1.49. The van der Waals surface area contributed by atoms with Gasteiger partial charge in [0, 0.05) is 38.4 Å². The van der Waals surface area contributed by atoms with Gasteiger partial charge in [-0.15, -0.1) is 0 Å². The molecule has 0 aromatic rings. The molecule has 2 heterocycles. The molecule has 2 aliphatic heterocycles. The van der Waals surface area contributed by atoms with E-state index in [1.165, 1.54) is 32.4 Å². The summed E-state index contributed by atoms with van der Waals surface area (Å²) in [5.41, 5.74) is 0. The van der Waals surface area contributed by atoms with Crippen molar-refractivity contribution >= 4 is 0 Å². The lowest BCUT2D eigenvalue weighted by Gasteiger charge is -2.39. The van der Waals surface area contributed by atoms with Crippen LogP contribution in [-0.2, 0) is 4.74 Å². The summed E-state index contributed by atoms with van der Waals surface area (Å²) in [6.45, 7) is 10.2. The van der Waals surface area contributed by atoms with Gasteiger partial charge in [-0.25, -0.2) is 0 Å².